The lowest BCUT2D eigenvalue weighted by molar-refractivity contribution is 0.350. The number of aromatic nitrogens is 3. The molecule has 0 aliphatic rings. The van der Waals surface area contributed by atoms with Crippen molar-refractivity contribution in [2.24, 2.45) is 5.92 Å². The Kier molecular flexibility index (Phi) is 6.33. The standard InChI is InChI=1S/C14H28N4/c1-6-8-15-13(12(5)7-2)9-14-16-10-17-18(14)11(3)4/h10-13,15H,6-9H2,1-5H3. The van der Waals surface area contributed by atoms with E-state index in [9.17, 15) is 0 Å². The zero-order valence-electron chi connectivity index (χ0n) is 12.5. The summed E-state index contributed by atoms with van der Waals surface area (Å²) in [4.78, 5) is 4.41. The van der Waals surface area contributed by atoms with Crippen LogP contribution in [0.1, 0.15) is 59.3 Å². The highest BCUT2D eigenvalue weighted by Gasteiger charge is 2.19. The van der Waals surface area contributed by atoms with Crippen LogP contribution in [0.25, 0.3) is 0 Å². The second-order valence-corrected chi connectivity index (χ2v) is 5.36. The molecule has 0 saturated heterocycles. The van der Waals surface area contributed by atoms with Gasteiger partial charge in [-0.05, 0) is 32.7 Å². The molecule has 104 valence electrons. The van der Waals surface area contributed by atoms with Crippen molar-refractivity contribution in [3.05, 3.63) is 12.2 Å². The van der Waals surface area contributed by atoms with Gasteiger partial charge in [-0.25, -0.2) is 9.67 Å². The molecule has 1 aromatic rings. The van der Waals surface area contributed by atoms with Crippen LogP contribution in [0.15, 0.2) is 6.33 Å². The smallest absolute Gasteiger partial charge is 0.138 e. The number of hydrogen-bond acceptors (Lipinski definition) is 3. The Morgan fingerprint density at radius 3 is 2.56 bits per heavy atom. The maximum Gasteiger partial charge on any atom is 0.138 e. The maximum atomic E-state index is 4.41. The fourth-order valence-electron chi connectivity index (χ4n) is 2.14. The predicted molar refractivity (Wildman–Crippen MR) is 75.6 cm³/mol. The highest BCUT2D eigenvalue weighted by atomic mass is 15.3. The minimum atomic E-state index is 0.381. The first-order valence-corrected chi connectivity index (χ1v) is 7.21. The number of rotatable bonds is 8. The summed E-state index contributed by atoms with van der Waals surface area (Å²) < 4.78 is 2.03. The van der Waals surface area contributed by atoms with Crippen LogP contribution in [0.4, 0.5) is 0 Å². The molecule has 0 aromatic carbocycles. The Morgan fingerprint density at radius 1 is 1.28 bits per heavy atom. The van der Waals surface area contributed by atoms with E-state index in [0.29, 0.717) is 18.0 Å². The Labute approximate surface area is 111 Å². The van der Waals surface area contributed by atoms with Gasteiger partial charge in [0.1, 0.15) is 12.2 Å². The van der Waals surface area contributed by atoms with Gasteiger partial charge in [0, 0.05) is 18.5 Å². The Balaban J connectivity index is 2.72. The second kappa shape index (κ2) is 7.52. The number of nitrogens with one attached hydrogen (secondary N) is 1. The molecule has 0 bridgehead atoms. The molecule has 0 saturated carbocycles. The summed E-state index contributed by atoms with van der Waals surface area (Å²) in [5.74, 6) is 1.76. The van der Waals surface area contributed by atoms with Gasteiger partial charge in [-0.1, -0.05) is 27.2 Å². The molecule has 1 N–H and O–H groups in total. The summed E-state index contributed by atoms with van der Waals surface area (Å²) >= 11 is 0. The second-order valence-electron chi connectivity index (χ2n) is 5.36. The Hall–Kier alpha value is -0.900. The van der Waals surface area contributed by atoms with Gasteiger partial charge >= 0.3 is 0 Å². The van der Waals surface area contributed by atoms with Gasteiger partial charge in [0.05, 0.1) is 0 Å². The highest BCUT2D eigenvalue weighted by molar-refractivity contribution is 4.92. The van der Waals surface area contributed by atoms with Crippen molar-refractivity contribution in [2.45, 2.75) is 66.0 Å². The predicted octanol–water partition coefficient (Wildman–Crippen LogP) is 2.82. The zero-order valence-corrected chi connectivity index (χ0v) is 12.5. The Bertz CT molecular complexity index is 332. The van der Waals surface area contributed by atoms with Gasteiger partial charge in [0.15, 0.2) is 0 Å². The van der Waals surface area contributed by atoms with Crippen LogP contribution in [-0.4, -0.2) is 27.4 Å². The van der Waals surface area contributed by atoms with Crippen LogP contribution < -0.4 is 5.32 Å². The lowest BCUT2D eigenvalue weighted by atomic mass is 9.96. The van der Waals surface area contributed by atoms with Crippen molar-refractivity contribution in [3.8, 4) is 0 Å². The molecule has 2 atom stereocenters. The highest BCUT2D eigenvalue weighted by Crippen LogP contribution is 2.14. The number of hydrogen-bond donors (Lipinski definition) is 1. The Morgan fingerprint density at radius 2 is 2.00 bits per heavy atom. The molecule has 1 rings (SSSR count). The van der Waals surface area contributed by atoms with Crippen molar-refractivity contribution >= 4 is 0 Å². The van der Waals surface area contributed by atoms with Gasteiger partial charge in [-0.15, -0.1) is 0 Å². The molecular weight excluding hydrogens is 224 g/mol. The molecule has 1 heterocycles. The van der Waals surface area contributed by atoms with Crippen LogP contribution in [0.5, 0.6) is 0 Å². The molecule has 1 aromatic heterocycles. The van der Waals surface area contributed by atoms with E-state index in [1.807, 2.05) is 4.68 Å². The molecule has 18 heavy (non-hydrogen) atoms. The van der Waals surface area contributed by atoms with Gasteiger partial charge in [0.2, 0.25) is 0 Å². The van der Waals surface area contributed by atoms with Crippen LogP contribution in [-0.2, 0) is 6.42 Å². The first-order chi connectivity index (χ1) is 8.60. The fraction of sp³-hybridized carbons (Fsp3) is 0.857. The first kappa shape index (κ1) is 15.2. The third-order valence-corrected chi connectivity index (χ3v) is 3.53. The average molecular weight is 252 g/mol. The molecule has 4 nitrogen and oxygen atoms in total. The molecule has 0 amide bonds. The quantitative estimate of drug-likeness (QED) is 0.773. The minimum absolute atomic E-state index is 0.381. The van der Waals surface area contributed by atoms with Crippen molar-refractivity contribution in [2.75, 3.05) is 6.54 Å². The van der Waals surface area contributed by atoms with Crippen LogP contribution in [0.2, 0.25) is 0 Å². The summed E-state index contributed by atoms with van der Waals surface area (Å²) in [6, 6.07) is 0.878. The molecule has 0 fully saturated rings. The summed E-state index contributed by atoms with van der Waals surface area (Å²) in [7, 11) is 0. The first-order valence-electron chi connectivity index (χ1n) is 7.21. The minimum Gasteiger partial charge on any atom is -0.313 e. The molecular formula is C14H28N4. The summed E-state index contributed by atoms with van der Waals surface area (Å²) in [5.41, 5.74) is 0. The summed E-state index contributed by atoms with van der Waals surface area (Å²) in [5, 5.41) is 7.96. The molecule has 0 radical (unpaired) electrons. The van der Waals surface area contributed by atoms with E-state index in [-0.39, 0.29) is 0 Å². The average Bonchev–Trinajstić information content (AvgIpc) is 2.81. The molecule has 4 heteroatoms. The molecule has 0 aliphatic carbocycles. The SMILES string of the molecule is CCCNC(Cc1ncnn1C(C)C)C(C)CC. The van der Waals surface area contributed by atoms with Crippen molar-refractivity contribution < 1.29 is 0 Å². The van der Waals surface area contributed by atoms with E-state index in [1.165, 1.54) is 12.8 Å². The molecule has 0 aliphatic heterocycles. The third kappa shape index (κ3) is 4.09. The largest absolute Gasteiger partial charge is 0.313 e. The van der Waals surface area contributed by atoms with E-state index in [2.05, 4.69) is 50.0 Å². The fourth-order valence-corrected chi connectivity index (χ4v) is 2.14. The normalized spacial score (nSPS) is 15.0. The summed E-state index contributed by atoms with van der Waals surface area (Å²) in [6.07, 6.45) is 5.00. The lowest BCUT2D eigenvalue weighted by Gasteiger charge is -2.24. The van der Waals surface area contributed by atoms with Gasteiger partial charge in [-0.2, -0.15) is 5.10 Å². The topological polar surface area (TPSA) is 42.7 Å². The van der Waals surface area contributed by atoms with Crippen LogP contribution in [0, 0.1) is 5.92 Å². The van der Waals surface area contributed by atoms with Gasteiger partial charge in [-0.3, -0.25) is 0 Å². The summed E-state index contributed by atoms with van der Waals surface area (Å²) in [6.45, 7) is 12.1. The third-order valence-electron chi connectivity index (χ3n) is 3.53. The zero-order chi connectivity index (χ0) is 13.5. The lowest BCUT2D eigenvalue weighted by Crippen LogP contribution is -2.38. The maximum absolute atomic E-state index is 4.41. The van der Waals surface area contributed by atoms with Gasteiger partial charge in [0.25, 0.3) is 0 Å². The van der Waals surface area contributed by atoms with Crippen molar-refractivity contribution in [1.82, 2.24) is 20.1 Å². The van der Waals surface area contributed by atoms with E-state index >= 15 is 0 Å². The van der Waals surface area contributed by atoms with E-state index in [4.69, 9.17) is 0 Å². The van der Waals surface area contributed by atoms with Crippen LogP contribution >= 0.6 is 0 Å². The van der Waals surface area contributed by atoms with Crippen LogP contribution in [0.3, 0.4) is 0 Å². The number of nitrogens with zero attached hydrogens (tertiary/aromatic N) is 3. The van der Waals surface area contributed by atoms with E-state index in [1.54, 1.807) is 6.33 Å². The van der Waals surface area contributed by atoms with E-state index < -0.39 is 0 Å². The van der Waals surface area contributed by atoms with Gasteiger partial charge < -0.3 is 5.32 Å². The molecule has 2 unspecified atom stereocenters. The van der Waals surface area contributed by atoms with E-state index in [0.717, 1.165) is 18.8 Å². The van der Waals surface area contributed by atoms with Crippen molar-refractivity contribution in [1.29, 1.82) is 0 Å². The van der Waals surface area contributed by atoms with Crippen molar-refractivity contribution in [3.63, 3.8) is 0 Å². The molecule has 0 spiro atoms. The monoisotopic (exact) mass is 252 g/mol.